The van der Waals surface area contributed by atoms with Crippen LogP contribution in [-0.4, -0.2) is 15.3 Å². The molecule has 2 aromatic heterocycles. The van der Waals surface area contributed by atoms with E-state index in [1.165, 1.54) is 0 Å². The molecule has 4 nitrogen and oxygen atoms in total. The zero-order valence-corrected chi connectivity index (χ0v) is 13.3. The predicted octanol–water partition coefficient (Wildman–Crippen LogP) is 3.97. The topological polar surface area (TPSA) is 46.4 Å². The van der Waals surface area contributed by atoms with Crippen LogP contribution in [-0.2, 0) is 0 Å². The fourth-order valence-corrected chi connectivity index (χ4v) is 2.59. The number of carbonyl (C=O) groups is 1. The molecule has 0 spiro atoms. The summed E-state index contributed by atoms with van der Waals surface area (Å²) in [4.78, 5) is 16.7. The summed E-state index contributed by atoms with van der Waals surface area (Å²) in [5.41, 5.74) is 4.30. The Balaban J connectivity index is 1.91. The second kappa shape index (κ2) is 5.33. The monoisotopic (exact) mass is 343 g/mol. The highest BCUT2D eigenvalue weighted by Gasteiger charge is 2.09. The first-order valence-electron chi connectivity index (χ1n) is 6.57. The number of halogens is 1. The molecule has 0 fully saturated rings. The third-order valence-electron chi connectivity index (χ3n) is 3.44. The van der Waals surface area contributed by atoms with Crippen molar-refractivity contribution in [3.8, 4) is 0 Å². The van der Waals surface area contributed by atoms with E-state index in [2.05, 4.69) is 26.2 Å². The van der Waals surface area contributed by atoms with Gasteiger partial charge in [0, 0.05) is 21.9 Å². The summed E-state index contributed by atoms with van der Waals surface area (Å²) >= 11 is 3.37. The number of amides is 1. The van der Waals surface area contributed by atoms with Crippen LogP contribution in [0.2, 0.25) is 0 Å². The highest BCUT2D eigenvalue weighted by atomic mass is 79.9. The van der Waals surface area contributed by atoms with Crippen molar-refractivity contribution in [3.63, 3.8) is 0 Å². The van der Waals surface area contributed by atoms with Gasteiger partial charge in [-0.2, -0.15) is 0 Å². The Kier molecular flexibility index (Phi) is 3.51. The minimum Gasteiger partial charge on any atom is -0.321 e. The van der Waals surface area contributed by atoms with E-state index in [1.54, 1.807) is 12.1 Å². The maximum absolute atomic E-state index is 12.2. The van der Waals surface area contributed by atoms with Gasteiger partial charge in [-0.3, -0.25) is 4.79 Å². The van der Waals surface area contributed by atoms with Crippen LogP contribution >= 0.6 is 15.9 Å². The Bertz CT molecular complexity index is 839. The standard InChI is InChI=1S/C16H14BrN3O/c1-10-11(2)20-9-14(6-7-15(20)18-10)19-16(21)12-4-3-5-13(17)8-12/h3-9H,1-2H3,(H,19,21). The van der Waals surface area contributed by atoms with Crippen LogP contribution in [0.25, 0.3) is 5.65 Å². The molecule has 0 aliphatic heterocycles. The zero-order valence-electron chi connectivity index (χ0n) is 11.7. The predicted molar refractivity (Wildman–Crippen MR) is 86.8 cm³/mol. The summed E-state index contributed by atoms with van der Waals surface area (Å²) in [6.07, 6.45) is 1.89. The van der Waals surface area contributed by atoms with E-state index in [4.69, 9.17) is 0 Å². The van der Waals surface area contributed by atoms with Crippen LogP contribution in [0.3, 0.4) is 0 Å². The van der Waals surface area contributed by atoms with E-state index in [1.807, 2.05) is 48.7 Å². The first-order valence-corrected chi connectivity index (χ1v) is 7.36. The molecule has 3 rings (SSSR count). The Morgan fingerprint density at radius 1 is 1.24 bits per heavy atom. The number of carbonyl (C=O) groups excluding carboxylic acids is 1. The average Bonchev–Trinajstić information content (AvgIpc) is 2.74. The molecule has 0 atom stereocenters. The lowest BCUT2D eigenvalue weighted by atomic mass is 10.2. The lowest BCUT2D eigenvalue weighted by molar-refractivity contribution is 0.102. The normalized spacial score (nSPS) is 10.8. The van der Waals surface area contributed by atoms with Gasteiger partial charge in [-0.05, 0) is 44.2 Å². The number of nitrogens with zero attached hydrogens (tertiary/aromatic N) is 2. The average molecular weight is 344 g/mol. The molecule has 2 heterocycles. The molecule has 0 unspecified atom stereocenters. The Labute approximate surface area is 131 Å². The summed E-state index contributed by atoms with van der Waals surface area (Å²) < 4.78 is 2.86. The number of hydrogen-bond donors (Lipinski definition) is 1. The SMILES string of the molecule is Cc1nc2ccc(NC(=O)c3cccc(Br)c3)cn2c1C. The van der Waals surface area contributed by atoms with Crippen molar-refractivity contribution in [1.29, 1.82) is 0 Å². The second-order valence-corrected chi connectivity index (χ2v) is 5.81. The molecule has 21 heavy (non-hydrogen) atoms. The van der Waals surface area contributed by atoms with Crippen LogP contribution in [0.4, 0.5) is 5.69 Å². The largest absolute Gasteiger partial charge is 0.321 e. The van der Waals surface area contributed by atoms with Crippen molar-refractivity contribution < 1.29 is 4.79 Å². The molecule has 1 N–H and O–H groups in total. The number of aryl methyl sites for hydroxylation is 2. The Hall–Kier alpha value is -2.14. The van der Waals surface area contributed by atoms with Gasteiger partial charge in [0.2, 0.25) is 0 Å². The van der Waals surface area contributed by atoms with Gasteiger partial charge in [-0.1, -0.05) is 22.0 Å². The number of nitrogens with one attached hydrogen (secondary N) is 1. The van der Waals surface area contributed by atoms with E-state index in [9.17, 15) is 4.79 Å². The number of fused-ring (bicyclic) bond motifs is 1. The molecule has 0 saturated heterocycles. The van der Waals surface area contributed by atoms with Crippen molar-refractivity contribution in [3.05, 3.63) is 64.0 Å². The van der Waals surface area contributed by atoms with E-state index in [0.717, 1.165) is 27.2 Å². The lowest BCUT2D eigenvalue weighted by Crippen LogP contribution is -2.12. The number of pyridine rings is 1. The molecule has 0 bridgehead atoms. The molecule has 1 aromatic carbocycles. The first kappa shape index (κ1) is 13.8. The Morgan fingerprint density at radius 3 is 2.81 bits per heavy atom. The smallest absolute Gasteiger partial charge is 0.255 e. The van der Waals surface area contributed by atoms with Gasteiger partial charge in [0.25, 0.3) is 5.91 Å². The van der Waals surface area contributed by atoms with E-state index in [0.29, 0.717) is 5.56 Å². The van der Waals surface area contributed by atoms with Gasteiger partial charge in [0.15, 0.2) is 0 Å². The van der Waals surface area contributed by atoms with Gasteiger partial charge in [0.1, 0.15) is 5.65 Å². The highest BCUT2D eigenvalue weighted by molar-refractivity contribution is 9.10. The maximum atomic E-state index is 12.2. The van der Waals surface area contributed by atoms with Gasteiger partial charge >= 0.3 is 0 Å². The van der Waals surface area contributed by atoms with Gasteiger partial charge in [-0.15, -0.1) is 0 Å². The number of aromatic nitrogens is 2. The number of imidazole rings is 1. The number of benzene rings is 1. The number of hydrogen-bond acceptors (Lipinski definition) is 2. The fourth-order valence-electron chi connectivity index (χ4n) is 2.19. The summed E-state index contributed by atoms with van der Waals surface area (Å²) in [6.45, 7) is 3.98. The van der Waals surface area contributed by atoms with Gasteiger partial charge in [-0.25, -0.2) is 4.98 Å². The quantitative estimate of drug-likeness (QED) is 0.765. The summed E-state index contributed by atoms with van der Waals surface area (Å²) in [5.74, 6) is -0.134. The van der Waals surface area contributed by atoms with E-state index in [-0.39, 0.29) is 5.91 Å². The summed E-state index contributed by atoms with van der Waals surface area (Å²) in [7, 11) is 0. The third-order valence-corrected chi connectivity index (χ3v) is 3.93. The summed E-state index contributed by atoms with van der Waals surface area (Å²) in [6, 6.07) is 11.1. The highest BCUT2D eigenvalue weighted by Crippen LogP contribution is 2.17. The van der Waals surface area contributed by atoms with Crippen molar-refractivity contribution in [2.75, 3.05) is 5.32 Å². The third kappa shape index (κ3) is 2.69. The zero-order chi connectivity index (χ0) is 15.0. The molecule has 0 aliphatic carbocycles. The van der Waals surface area contributed by atoms with Crippen LogP contribution in [0, 0.1) is 13.8 Å². The lowest BCUT2D eigenvalue weighted by Gasteiger charge is -2.07. The number of anilines is 1. The fraction of sp³-hybridized carbons (Fsp3) is 0.125. The van der Waals surface area contributed by atoms with Crippen molar-refractivity contribution in [2.24, 2.45) is 0 Å². The minimum atomic E-state index is -0.134. The molecule has 0 aliphatic rings. The van der Waals surface area contributed by atoms with E-state index < -0.39 is 0 Å². The van der Waals surface area contributed by atoms with Crippen LogP contribution < -0.4 is 5.32 Å². The molecule has 0 saturated carbocycles. The first-order chi connectivity index (χ1) is 10.0. The summed E-state index contributed by atoms with van der Waals surface area (Å²) in [5, 5.41) is 2.91. The second-order valence-electron chi connectivity index (χ2n) is 4.89. The molecular formula is C16H14BrN3O. The van der Waals surface area contributed by atoms with Crippen LogP contribution in [0.5, 0.6) is 0 Å². The van der Waals surface area contributed by atoms with Gasteiger partial charge < -0.3 is 9.72 Å². The molecular weight excluding hydrogens is 330 g/mol. The minimum absolute atomic E-state index is 0.134. The molecule has 3 aromatic rings. The van der Waals surface area contributed by atoms with Crippen molar-refractivity contribution in [2.45, 2.75) is 13.8 Å². The molecule has 1 amide bonds. The molecule has 5 heteroatoms. The van der Waals surface area contributed by atoms with E-state index >= 15 is 0 Å². The number of rotatable bonds is 2. The molecule has 106 valence electrons. The van der Waals surface area contributed by atoms with Crippen LogP contribution in [0.1, 0.15) is 21.7 Å². The molecule has 0 radical (unpaired) electrons. The van der Waals surface area contributed by atoms with Crippen LogP contribution in [0.15, 0.2) is 47.1 Å². The van der Waals surface area contributed by atoms with Crippen molar-refractivity contribution in [1.82, 2.24) is 9.38 Å². The Morgan fingerprint density at radius 2 is 2.05 bits per heavy atom. The van der Waals surface area contributed by atoms with Crippen molar-refractivity contribution >= 4 is 33.2 Å². The van der Waals surface area contributed by atoms with Gasteiger partial charge in [0.05, 0.1) is 11.4 Å². The maximum Gasteiger partial charge on any atom is 0.255 e.